The van der Waals surface area contributed by atoms with Gasteiger partial charge in [0.2, 0.25) is 0 Å². The first-order chi connectivity index (χ1) is 10.7. The third-order valence-electron chi connectivity index (χ3n) is 5.19. The monoisotopic (exact) mass is 298 g/mol. The predicted molar refractivity (Wildman–Crippen MR) is 90.6 cm³/mol. The molecule has 0 saturated heterocycles. The van der Waals surface area contributed by atoms with Crippen molar-refractivity contribution in [2.45, 2.75) is 51.9 Å². The zero-order chi connectivity index (χ0) is 15.5. The normalized spacial score (nSPS) is 26.4. The molecule has 1 aliphatic carbocycles. The molecule has 2 aromatic carbocycles. The van der Waals surface area contributed by atoms with Crippen molar-refractivity contribution in [3.63, 3.8) is 0 Å². The zero-order valence-corrected chi connectivity index (χ0v) is 13.5. The van der Waals surface area contributed by atoms with Crippen LogP contribution in [-0.2, 0) is 4.74 Å². The van der Waals surface area contributed by atoms with Crippen molar-refractivity contribution >= 4 is 10.8 Å². The molecule has 0 aromatic heterocycles. The summed E-state index contributed by atoms with van der Waals surface area (Å²) in [6.45, 7) is 4.47. The minimum absolute atomic E-state index is 0.191. The van der Waals surface area contributed by atoms with Gasteiger partial charge in [-0.2, -0.15) is 0 Å². The maximum absolute atomic E-state index is 10.5. The van der Waals surface area contributed by atoms with Gasteiger partial charge >= 0.3 is 0 Å². The molecular weight excluding hydrogens is 272 g/mol. The van der Waals surface area contributed by atoms with E-state index in [2.05, 4.69) is 32.0 Å². The second kappa shape index (κ2) is 6.80. The molecule has 0 amide bonds. The molecule has 2 nitrogen and oxygen atoms in total. The van der Waals surface area contributed by atoms with E-state index in [0.29, 0.717) is 5.92 Å². The molecule has 0 aliphatic heterocycles. The van der Waals surface area contributed by atoms with Crippen LogP contribution in [0.4, 0.5) is 0 Å². The summed E-state index contributed by atoms with van der Waals surface area (Å²) in [6.07, 6.45) is 4.03. The molecule has 1 aliphatic rings. The number of benzene rings is 2. The Balaban J connectivity index is 1.73. The van der Waals surface area contributed by atoms with Crippen LogP contribution >= 0.6 is 0 Å². The largest absolute Gasteiger partial charge is 0.364 e. The zero-order valence-electron chi connectivity index (χ0n) is 13.5. The third-order valence-corrected chi connectivity index (χ3v) is 5.19. The van der Waals surface area contributed by atoms with E-state index in [1.807, 2.05) is 24.3 Å². The number of fused-ring (bicyclic) bond motifs is 1. The minimum atomic E-state index is -0.820. The van der Waals surface area contributed by atoms with Crippen LogP contribution in [0, 0.1) is 11.8 Å². The molecule has 1 fully saturated rings. The summed E-state index contributed by atoms with van der Waals surface area (Å²) in [5.74, 6) is 1.33. The molecule has 0 heterocycles. The fraction of sp³-hybridized carbons (Fsp3) is 0.500. The van der Waals surface area contributed by atoms with Crippen molar-refractivity contribution in [3.05, 3.63) is 48.0 Å². The van der Waals surface area contributed by atoms with Crippen molar-refractivity contribution in [2.24, 2.45) is 11.8 Å². The minimum Gasteiger partial charge on any atom is -0.364 e. The SMILES string of the molecule is CCC1CC(CC)C(OC(O)c2ccc3ccccc3c2)C1. The number of ether oxygens (including phenoxy) is 1. The average molecular weight is 298 g/mol. The van der Waals surface area contributed by atoms with Crippen molar-refractivity contribution in [1.82, 2.24) is 0 Å². The summed E-state index contributed by atoms with van der Waals surface area (Å²) < 4.78 is 6.04. The number of aliphatic hydroxyl groups is 1. The van der Waals surface area contributed by atoms with E-state index in [1.54, 1.807) is 0 Å². The van der Waals surface area contributed by atoms with Crippen LogP contribution < -0.4 is 0 Å². The summed E-state index contributed by atoms with van der Waals surface area (Å²) in [5.41, 5.74) is 0.855. The van der Waals surface area contributed by atoms with Gasteiger partial charge < -0.3 is 9.84 Å². The van der Waals surface area contributed by atoms with Crippen LogP contribution in [0.1, 0.15) is 51.4 Å². The van der Waals surface area contributed by atoms with E-state index in [9.17, 15) is 5.11 Å². The van der Waals surface area contributed by atoms with Gasteiger partial charge in [-0.15, -0.1) is 0 Å². The number of hydrogen-bond donors (Lipinski definition) is 1. The molecule has 1 N–H and O–H groups in total. The third kappa shape index (κ3) is 3.18. The molecule has 3 rings (SSSR count). The first kappa shape index (κ1) is 15.5. The van der Waals surface area contributed by atoms with Crippen LogP contribution in [0.25, 0.3) is 10.8 Å². The van der Waals surface area contributed by atoms with Crippen molar-refractivity contribution in [2.75, 3.05) is 0 Å². The lowest BCUT2D eigenvalue weighted by Gasteiger charge is -2.23. The molecular formula is C20H26O2. The fourth-order valence-corrected chi connectivity index (χ4v) is 3.73. The first-order valence-corrected chi connectivity index (χ1v) is 8.53. The standard InChI is InChI=1S/C20H26O2/c1-3-14-11-15(4-2)19(12-14)22-20(21)18-10-9-16-7-5-6-8-17(16)13-18/h5-10,13-15,19-21H,3-4,11-12H2,1-2H3. The van der Waals surface area contributed by atoms with Crippen molar-refractivity contribution in [3.8, 4) is 0 Å². The van der Waals surface area contributed by atoms with Gasteiger partial charge in [0, 0.05) is 5.56 Å². The topological polar surface area (TPSA) is 29.5 Å². The van der Waals surface area contributed by atoms with Crippen molar-refractivity contribution < 1.29 is 9.84 Å². The summed E-state index contributed by atoms with van der Waals surface area (Å²) in [6, 6.07) is 14.3. The van der Waals surface area contributed by atoms with Gasteiger partial charge in [-0.3, -0.25) is 0 Å². The molecule has 1 saturated carbocycles. The second-order valence-corrected chi connectivity index (χ2v) is 6.55. The lowest BCUT2D eigenvalue weighted by atomic mass is 10.0. The number of aliphatic hydroxyl groups excluding tert-OH is 1. The Morgan fingerprint density at radius 3 is 2.55 bits per heavy atom. The molecule has 118 valence electrons. The van der Waals surface area contributed by atoms with E-state index < -0.39 is 6.29 Å². The molecule has 4 unspecified atom stereocenters. The highest BCUT2D eigenvalue weighted by Gasteiger charge is 2.34. The summed E-state index contributed by atoms with van der Waals surface area (Å²) in [4.78, 5) is 0. The summed E-state index contributed by atoms with van der Waals surface area (Å²) >= 11 is 0. The maximum atomic E-state index is 10.5. The van der Waals surface area contributed by atoms with Gasteiger partial charge in [0.25, 0.3) is 0 Å². The number of hydrogen-bond acceptors (Lipinski definition) is 2. The lowest BCUT2D eigenvalue weighted by molar-refractivity contribution is -0.150. The lowest BCUT2D eigenvalue weighted by Crippen LogP contribution is -2.20. The average Bonchev–Trinajstić information content (AvgIpc) is 2.96. The maximum Gasteiger partial charge on any atom is 0.181 e. The Hall–Kier alpha value is -1.38. The highest BCUT2D eigenvalue weighted by atomic mass is 16.6. The van der Waals surface area contributed by atoms with E-state index >= 15 is 0 Å². The van der Waals surface area contributed by atoms with Gasteiger partial charge in [-0.25, -0.2) is 0 Å². The summed E-state index contributed by atoms with van der Waals surface area (Å²) in [5, 5.41) is 12.8. The van der Waals surface area contributed by atoms with E-state index in [4.69, 9.17) is 4.74 Å². The Labute approximate surface area is 133 Å². The number of rotatable bonds is 5. The molecule has 2 aromatic rings. The Morgan fingerprint density at radius 2 is 1.82 bits per heavy atom. The first-order valence-electron chi connectivity index (χ1n) is 8.53. The molecule has 22 heavy (non-hydrogen) atoms. The predicted octanol–water partition coefficient (Wildman–Crippen LogP) is 5.06. The van der Waals surface area contributed by atoms with Crippen LogP contribution in [0.5, 0.6) is 0 Å². The second-order valence-electron chi connectivity index (χ2n) is 6.55. The van der Waals surface area contributed by atoms with Crippen LogP contribution in [0.3, 0.4) is 0 Å². The van der Waals surface area contributed by atoms with Crippen molar-refractivity contribution in [1.29, 1.82) is 0 Å². The molecule has 0 bridgehead atoms. The summed E-state index contributed by atoms with van der Waals surface area (Å²) in [7, 11) is 0. The molecule has 4 atom stereocenters. The Kier molecular flexibility index (Phi) is 4.80. The Morgan fingerprint density at radius 1 is 1.05 bits per heavy atom. The van der Waals surface area contributed by atoms with Gasteiger partial charge in [0.15, 0.2) is 6.29 Å². The molecule has 2 heteroatoms. The van der Waals surface area contributed by atoms with Gasteiger partial charge in [-0.1, -0.05) is 63.1 Å². The highest BCUT2D eigenvalue weighted by Crippen LogP contribution is 2.39. The van der Waals surface area contributed by atoms with Crippen LogP contribution in [0.2, 0.25) is 0 Å². The van der Waals surface area contributed by atoms with E-state index in [1.165, 1.54) is 18.2 Å². The fourth-order valence-electron chi connectivity index (χ4n) is 3.73. The van der Waals surface area contributed by atoms with E-state index in [0.717, 1.165) is 29.7 Å². The van der Waals surface area contributed by atoms with Crippen LogP contribution in [-0.4, -0.2) is 11.2 Å². The molecule has 0 spiro atoms. The Bertz CT molecular complexity index is 622. The van der Waals surface area contributed by atoms with Gasteiger partial charge in [0.05, 0.1) is 6.10 Å². The highest BCUT2D eigenvalue weighted by molar-refractivity contribution is 5.83. The van der Waals surface area contributed by atoms with E-state index in [-0.39, 0.29) is 6.10 Å². The van der Waals surface area contributed by atoms with Gasteiger partial charge in [-0.05, 0) is 41.5 Å². The molecule has 0 radical (unpaired) electrons. The smallest absolute Gasteiger partial charge is 0.181 e. The quantitative estimate of drug-likeness (QED) is 0.782. The van der Waals surface area contributed by atoms with Crippen LogP contribution in [0.15, 0.2) is 42.5 Å². The van der Waals surface area contributed by atoms with Gasteiger partial charge in [0.1, 0.15) is 0 Å².